The van der Waals surface area contributed by atoms with Crippen LogP contribution in [0, 0.1) is 0 Å². The SMILES string of the molecule is C1=C2OCOC2CC1. The van der Waals surface area contributed by atoms with E-state index < -0.39 is 0 Å². The Labute approximate surface area is 48.1 Å². The van der Waals surface area contributed by atoms with Gasteiger partial charge >= 0.3 is 0 Å². The summed E-state index contributed by atoms with van der Waals surface area (Å²) in [5.74, 6) is 1.06. The van der Waals surface area contributed by atoms with Gasteiger partial charge in [0, 0.05) is 0 Å². The third kappa shape index (κ3) is 0.464. The van der Waals surface area contributed by atoms with Crippen LogP contribution in [0.2, 0.25) is 0 Å². The molecule has 0 aromatic rings. The van der Waals surface area contributed by atoms with Gasteiger partial charge in [0.2, 0.25) is 0 Å². The molecule has 0 aromatic carbocycles. The Morgan fingerprint density at radius 3 is 3.50 bits per heavy atom. The van der Waals surface area contributed by atoms with Crippen LogP contribution in [0.15, 0.2) is 11.8 Å². The highest BCUT2D eigenvalue weighted by Crippen LogP contribution is 2.27. The summed E-state index contributed by atoms with van der Waals surface area (Å²) in [6.45, 7) is 0.469. The summed E-state index contributed by atoms with van der Waals surface area (Å²) < 4.78 is 10.3. The minimum atomic E-state index is 0.315. The second-order valence-electron chi connectivity index (χ2n) is 2.10. The summed E-state index contributed by atoms with van der Waals surface area (Å²) in [6.07, 6.45) is 4.67. The van der Waals surface area contributed by atoms with Crippen molar-refractivity contribution in [2.24, 2.45) is 0 Å². The van der Waals surface area contributed by atoms with Crippen LogP contribution in [0.1, 0.15) is 12.8 Å². The first-order valence-corrected chi connectivity index (χ1v) is 2.91. The average Bonchev–Trinajstić information content (AvgIpc) is 2.15. The smallest absolute Gasteiger partial charge is 0.189 e. The molecule has 1 atom stereocenters. The van der Waals surface area contributed by atoms with Gasteiger partial charge in [-0.25, -0.2) is 0 Å². The average molecular weight is 112 g/mol. The lowest BCUT2D eigenvalue weighted by Gasteiger charge is -1.95. The van der Waals surface area contributed by atoms with E-state index in [0.29, 0.717) is 12.9 Å². The van der Waals surface area contributed by atoms with Crippen LogP contribution in [-0.2, 0) is 9.47 Å². The predicted molar refractivity (Wildman–Crippen MR) is 28.1 cm³/mol. The normalized spacial score (nSPS) is 34.0. The van der Waals surface area contributed by atoms with Crippen LogP contribution in [0.25, 0.3) is 0 Å². The monoisotopic (exact) mass is 112 g/mol. The molecule has 2 heteroatoms. The zero-order chi connectivity index (χ0) is 5.40. The largest absolute Gasteiger partial charge is 0.469 e. The molecule has 1 heterocycles. The highest BCUT2D eigenvalue weighted by Gasteiger charge is 2.26. The number of hydrogen-bond acceptors (Lipinski definition) is 2. The molecule has 2 aliphatic rings. The first-order chi connectivity index (χ1) is 3.97. The Hall–Kier alpha value is -0.500. The Morgan fingerprint density at radius 1 is 1.62 bits per heavy atom. The van der Waals surface area contributed by atoms with E-state index in [-0.39, 0.29) is 0 Å². The Balaban J connectivity index is 2.20. The van der Waals surface area contributed by atoms with Gasteiger partial charge < -0.3 is 9.47 Å². The Morgan fingerprint density at radius 2 is 2.62 bits per heavy atom. The van der Waals surface area contributed by atoms with Gasteiger partial charge in [0.1, 0.15) is 11.9 Å². The van der Waals surface area contributed by atoms with Gasteiger partial charge in [-0.2, -0.15) is 0 Å². The van der Waals surface area contributed by atoms with Crippen molar-refractivity contribution in [2.75, 3.05) is 6.79 Å². The van der Waals surface area contributed by atoms with E-state index in [0.717, 1.165) is 18.6 Å². The molecule has 1 aliphatic carbocycles. The third-order valence-electron chi connectivity index (χ3n) is 1.59. The fraction of sp³-hybridized carbons (Fsp3) is 0.667. The quantitative estimate of drug-likeness (QED) is 0.466. The fourth-order valence-electron chi connectivity index (χ4n) is 1.15. The minimum absolute atomic E-state index is 0.315. The van der Waals surface area contributed by atoms with Crippen molar-refractivity contribution in [2.45, 2.75) is 18.9 Å². The van der Waals surface area contributed by atoms with Gasteiger partial charge in [-0.1, -0.05) is 0 Å². The maximum atomic E-state index is 5.19. The predicted octanol–water partition coefficient (Wildman–Crippen LogP) is 1.04. The number of rotatable bonds is 0. The van der Waals surface area contributed by atoms with Crippen LogP contribution < -0.4 is 0 Å². The summed E-state index contributed by atoms with van der Waals surface area (Å²) in [4.78, 5) is 0. The molecule has 0 amide bonds. The van der Waals surface area contributed by atoms with Crippen molar-refractivity contribution in [3.63, 3.8) is 0 Å². The van der Waals surface area contributed by atoms with Gasteiger partial charge in [0.05, 0.1) is 0 Å². The van der Waals surface area contributed by atoms with Crippen LogP contribution in [0.4, 0.5) is 0 Å². The Bertz CT molecular complexity index is 128. The van der Waals surface area contributed by atoms with Crippen molar-refractivity contribution >= 4 is 0 Å². The molecular formula is C6H8O2. The van der Waals surface area contributed by atoms with Crippen molar-refractivity contribution in [3.05, 3.63) is 11.8 Å². The number of ether oxygens (including phenoxy) is 2. The van der Waals surface area contributed by atoms with E-state index in [9.17, 15) is 0 Å². The molecule has 1 aliphatic heterocycles. The van der Waals surface area contributed by atoms with Crippen LogP contribution in [0.3, 0.4) is 0 Å². The Kier molecular flexibility index (Phi) is 0.815. The molecule has 1 fully saturated rings. The first kappa shape index (κ1) is 4.39. The van der Waals surface area contributed by atoms with Gasteiger partial charge in [-0.05, 0) is 18.9 Å². The third-order valence-corrected chi connectivity index (χ3v) is 1.59. The zero-order valence-corrected chi connectivity index (χ0v) is 4.59. The highest BCUT2D eigenvalue weighted by molar-refractivity contribution is 5.08. The summed E-state index contributed by atoms with van der Waals surface area (Å²) in [6, 6.07) is 0. The van der Waals surface area contributed by atoms with Crippen LogP contribution in [-0.4, -0.2) is 12.9 Å². The summed E-state index contributed by atoms with van der Waals surface area (Å²) in [5, 5.41) is 0. The summed E-state index contributed by atoms with van der Waals surface area (Å²) in [7, 11) is 0. The van der Waals surface area contributed by atoms with Crippen molar-refractivity contribution in [1.82, 2.24) is 0 Å². The molecule has 0 spiro atoms. The van der Waals surface area contributed by atoms with Crippen LogP contribution in [0.5, 0.6) is 0 Å². The maximum Gasteiger partial charge on any atom is 0.189 e. The topological polar surface area (TPSA) is 18.5 Å². The molecule has 0 aromatic heterocycles. The lowest BCUT2D eigenvalue weighted by Crippen LogP contribution is -2.00. The van der Waals surface area contributed by atoms with Gasteiger partial charge in [-0.3, -0.25) is 0 Å². The van der Waals surface area contributed by atoms with E-state index in [2.05, 4.69) is 6.08 Å². The molecule has 2 nitrogen and oxygen atoms in total. The first-order valence-electron chi connectivity index (χ1n) is 2.91. The van der Waals surface area contributed by atoms with Gasteiger partial charge in [0.25, 0.3) is 0 Å². The van der Waals surface area contributed by atoms with Crippen LogP contribution >= 0.6 is 0 Å². The maximum absolute atomic E-state index is 5.19. The molecule has 0 N–H and O–H groups in total. The zero-order valence-electron chi connectivity index (χ0n) is 4.59. The van der Waals surface area contributed by atoms with Gasteiger partial charge in [-0.15, -0.1) is 0 Å². The molecule has 44 valence electrons. The van der Waals surface area contributed by atoms with Crippen molar-refractivity contribution < 1.29 is 9.47 Å². The lowest BCUT2D eigenvalue weighted by molar-refractivity contribution is 0.0460. The van der Waals surface area contributed by atoms with Crippen molar-refractivity contribution in [1.29, 1.82) is 0 Å². The molecule has 1 unspecified atom stereocenters. The molecule has 0 bridgehead atoms. The van der Waals surface area contributed by atoms with E-state index in [1.54, 1.807) is 0 Å². The van der Waals surface area contributed by atoms with E-state index in [1.165, 1.54) is 0 Å². The molecule has 0 saturated carbocycles. The fourth-order valence-corrected chi connectivity index (χ4v) is 1.15. The number of allylic oxidation sites excluding steroid dienone is 1. The number of fused-ring (bicyclic) bond motifs is 1. The molecule has 8 heavy (non-hydrogen) atoms. The second-order valence-corrected chi connectivity index (χ2v) is 2.10. The minimum Gasteiger partial charge on any atom is -0.469 e. The van der Waals surface area contributed by atoms with Crippen molar-refractivity contribution in [3.8, 4) is 0 Å². The molecule has 0 radical (unpaired) electrons. The summed E-state index contributed by atoms with van der Waals surface area (Å²) >= 11 is 0. The highest BCUT2D eigenvalue weighted by atomic mass is 16.7. The second kappa shape index (κ2) is 1.49. The van der Waals surface area contributed by atoms with Gasteiger partial charge in [0.15, 0.2) is 6.79 Å². The van der Waals surface area contributed by atoms with E-state index >= 15 is 0 Å². The summed E-state index contributed by atoms with van der Waals surface area (Å²) in [5.41, 5.74) is 0. The molecule has 2 rings (SSSR count). The lowest BCUT2D eigenvalue weighted by atomic mass is 10.3. The standard InChI is InChI=1S/C6H8O2/c1-2-5-6(3-1)8-4-7-5/h2,6H,1,3-4H2. The van der Waals surface area contributed by atoms with E-state index in [4.69, 9.17) is 9.47 Å². The molecular weight excluding hydrogens is 104 g/mol. The number of hydrogen-bond donors (Lipinski definition) is 0. The van der Waals surface area contributed by atoms with E-state index in [1.807, 2.05) is 0 Å². The molecule has 1 saturated heterocycles.